The lowest BCUT2D eigenvalue weighted by atomic mass is 9.95. The summed E-state index contributed by atoms with van der Waals surface area (Å²) in [7, 11) is 3.98. The standard InChI is InChI=1S/C15H22N6O/c1-11-17-13(19-22-11)9-12-5-4-8-21(10-12)15-16-7-6-14(18-15)20(2)3/h6-7,12H,4-5,8-10H2,1-3H3/t12-/m0/s1. The summed E-state index contributed by atoms with van der Waals surface area (Å²) in [6.07, 6.45) is 4.99. The minimum absolute atomic E-state index is 0.511. The molecule has 0 unspecified atom stereocenters. The van der Waals surface area contributed by atoms with Gasteiger partial charge in [0.05, 0.1) is 0 Å². The second-order valence-corrected chi connectivity index (χ2v) is 6.00. The van der Waals surface area contributed by atoms with Crippen molar-refractivity contribution in [3.05, 3.63) is 24.0 Å². The van der Waals surface area contributed by atoms with Crippen LogP contribution in [-0.2, 0) is 6.42 Å². The number of hydrogen-bond donors (Lipinski definition) is 0. The first-order chi connectivity index (χ1) is 10.6. The first-order valence-electron chi connectivity index (χ1n) is 7.66. The summed E-state index contributed by atoms with van der Waals surface area (Å²) in [6.45, 7) is 3.76. The van der Waals surface area contributed by atoms with Gasteiger partial charge in [0.2, 0.25) is 11.8 Å². The molecule has 7 nitrogen and oxygen atoms in total. The lowest BCUT2D eigenvalue weighted by Crippen LogP contribution is -2.37. The smallest absolute Gasteiger partial charge is 0.227 e. The van der Waals surface area contributed by atoms with Crippen molar-refractivity contribution in [3.63, 3.8) is 0 Å². The predicted octanol–water partition coefficient (Wildman–Crippen LogP) is 1.69. The van der Waals surface area contributed by atoms with E-state index in [1.807, 2.05) is 38.2 Å². The summed E-state index contributed by atoms with van der Waals surface area (Å²) in [5.74, 6) is 3.68. The monoisotopic (exact) mass is 302 g/mol. The van der Waals surface area contributed by atoms with Crippen molar-refractivity contribution >= 4 is 11.8 Å². The van der Waals surface area contributed by atoms with Crippen molar-refractivity contribution in [2.75, 3.05) is 37.0 Å². The van der Waals surface area contributed by atoms with Gasteiger partial charge in [-0.2, -0.15) is 9.97 Å². The van der Waals surface area contributed by atoms with E-state index in [1.165, 1.54) is 6.42 Å². The van der Waals surface area contributed by atoms with E-state index in [-0.39, 0.29) is 0 Å². The molecule has 0 aliphatic carbocycles. The summed E-state index contributed by atoms with van der Waals surface area (Å²) >= 11 is 0. The van der Waals surface area contributed by atoms with E-state index in [9.17, 15) is 0 Å². The molecule has 2 aromatic rings. The van der Waals surface area contributed by atoms with E-state index in [4.69, 9.17) is 4.52 Å². The van der Waals surface area contributed by atoms with Crippen molar-refractivity contribution in [1.82, 2.24) is 20.1 Å². The molecule has 22 heavy (non-hydrogen) atoms. The second kappa shape index (κ2) is 6.29. The maximum atomic E-state index is 5.05. The van der Waals surface area contributed by atoms with Crippen LogP contribution in [0, 0.1) is 12.8 Å². The van der Waals surface area contributed by atoms with Gasteiger partial charge >= 0.3 is 0 Å². The van der Waals surface area contributed by atoms with Gasteiger partial charge in [0, 0.05) is 46.7 Å². The van der Waals surface area contributed by atoms with Gasteiger partial charge in [-0.3, -0.25) is 0 Å². The molecule has 1 atom stereocenters. The van der Waals surface area contributed by atoms with Crippen LogP contribution in [0.25, 0.3) is 0 Å². The number of anilines is 2. The van der Waals surface area contributed by atoms with E-state index in [1.54, 1.807) is 0 Å². The molecule has 1 aliphatic heterocycles. The van der Waals surface area contributed by atoms with Gasteiger partial charge in [0.15, 0.2) is 5.82 Å². The number of nitrogens with zero attached hydrogens (tertiary/aromatic N) is 6. The average molecular weight is 302 g/mol. The zero-order chi connectivity index (χ0) is 15.5. The summed E-state index contributed by atoms with van der Waals surface area (Å²) in [6, 6.07) is 1.92. The molecule has 1 saturated heterocycles. The number of piperidine rings is 1. The highest BCUT2D eigenvalue weighted by Crippen LogP contribution is 2.23. The van der Waals surface area contributed by atoms with E-state index in [0.717, 1.165) is 43.5 Å². The minimum Gasteiger partial charge on any atom is -0.363 e. The molecule has 1 fully saturated rings. The molecule has 1 aliphatic rings. The quantitative estimate of drug-likeness (QED) is 0.851. The number of hydrogen-bond acceptors (Lipinski definition) is 7. The van der Waals surface area contributed by atoms with Crippen molar-refractivity contribution in [2.24, 2.45) is 5.92 Å². The molecule has 0 amide bonds. The van der Waals surface area contributed by atoms with Gasteiger partial charge in [-0.1, -0.05) is 5.16 Å². The van der Waals surface area contributed by atoms with Gasteiger partial charge in [0.25, 0.3) is 0 Å². The zero-order valence-electron chi connectivity index (χ0n) is 13.4. The number of aromatic nitrogens is 4. The third-order valence-electron chi connectivity index (χ3n) is 3.93. The maximum absolute atomic E-state index is 5.05. The minimum atomic E-state index is 0.511. The first kappa shape index (κ1) is 14.7. The maximum Gasteiger partial charge on any atom is 0.227 e. The highest BCUT2D eigenvalue weighted by atomic mass is 16.5. The van der Waals surface area contributed by atoms with Gasteiger partial charge in [-0.15, -0.1) is 0 Å². The summed E-state index contributed by atoms with van der Waals surface area (Å²) in [5, 5.41) is 4.00. The zero-order valence-corrected chi connectivity index (χ0v) is 13.4. The Kier molecular flexibility index (Phi) is 4.22. The molecule has 0 N–H and O–H groups in total. The van der Waals surface area contributed by atoms with Crippen LogP contribution < -0.4 is 9.80 Å². The summed E-state index contributed by atoms with van der Waals surface area (Å²) < 4.78 is 5.05. The predicted molar refractivity (Wildman–Crippen MR) is 84.0 cm³/mol. The summed E-state index contributed by atoms with van der Waals surface area (Å²) in [4.78, 5) is 17.6. The molecule has 0 saturated carbocycles. The molecule has 118 valence electrons. The van der Waals surface area contributed by atoms with Crippen molar-refractivity contribution in [1.29, 1.82) is 0 Å². The summed E-state index contributed by atoms with van der Waals surface area (Å²) in [5.41, 5.74) is 0. The average Bonchev–Trinajstić information content (AvgIpc) is 2.93. The van der Waals surface area contributed by atoms with Crippen molar-refractivity contribution in [2.45, 2.75) is 26.2 Å². The van der Waals surface area contributed by atoms with E-state index >= 15 is 0 Å². The molecular weight excluding hydrogens is 280 g/mol. The molecule has 2 aromatic heterocycles. The fourth-order valence-electron chi connectivity index (χ4n) is 2.84. The van der Waals surface area contributed by atoms with Crippen LogP contribution >= 0.6 is 0 Å². The van der Waals surface area contributed by atoms with Crippen LogP contribution in [0.5, 0.6) is 0 Å². The highest BCUT2D eigenvalue weighted by Gasteiger charge is 2.23. The topological polar surface area (TPSA) is 71.2 Å². The molecule has 0 bridgehead atoms. The van der Waals surface area contributed by atoms with E-state index < -0.39 is 0 Å². The molecule has 0 radical (unpaired) electrons. The fourth-order valence-corrected chi connectivity index (χ4v) is 2.84. The van der Waals surface area contributed by atoms with E-state index in [2.05, 4.69) is 25.0 Å². The second-order valence-electron chi connectivity index (χ2n) is 6.00. The SMILES string of the molecule is Cc1nc(C[C@@H]2CCCN(c3nccc(N(C)C)n3)C2)no1. The lowest BCUT2D eigenvalue weighted by Gasteiger charge is -2.32. The molecule has 7 heteroatoms. The number of aryl methyl sites for hydroxylation is 1. The van der Waals surface area contributed by atoms with Crippen molar-refractivity contribution < 1.29 is 4.52 Å². The van der Waals surface area contributed by atoms with Crippen LogP contribution in [0.15, 0.2) is 16.8 Å². The molecule has 3 heterocycles. The van der Waals surface area contributed by atoms with Crippen LogP contribution in [0.3, 0.4) is 0 Å². The Balaban J connectivity index is 1.68. The Morgan fingerprint density at radius 2 is 2.23 bits per heavy atom. The van der Waals surface area contributed by atoms with Crippen LogP contribution in [0.4, 0.5) is 11.8 Å². The largest absolute Gasteiger partial charge is 0.363 e. The third-order valence-corrected chi connectivity index (χ3v) is 3.93. The Morgan fingerprint density at radius 1 is 1.36 bits per heavy atom. The Bertz CT molecular complexity index is 626. The molecule has 0 aromatic carbocycles. The lowest BCUT2D eigenvalue weighted by molar-refractivity contribution is 0.369. The Morgan fingerprint density at radius 3 is 2.95 bits per heavy atom. The normalized spacial score (nSPS) is 18.5. The van der Waals surface area contributed by atoms with E-state index in [0.29, 0.717) is 11.8 Å². The Labute approximate surface area is 130 Å². The molecular formula is C15H22N6O. The Hall–Kier alpha value is -2.18. The first-order valence-corrected chi connectivity index (χ1v) is 7.66. The third kappa shape index (κ3) is 3.35. The van der Waals surface area contributed by atoms with Gasteiger partial charge in [-0.05, 0) is 24.8 Å². The number of rotatable bonds is 4. The van der Waals surface area contributed by atoms with Gasteiger partial charge in [-0.25, -0.2) is 4.98 Å². The van der Waals surface area contributed by atoms with Crippen LogP contribution in [0.2, 0.25) is 0 Å². The molecule has 3 rings (SSSR count). The van der Waals surface area contributed by atoms with Crippen LogP contribution in [-0.4, -0.2) is 47.3 Å². The highest BCUT2D eigenvalue weighted by molar-refractivity contribution is 5.42. The fraction of sp³-hybridized carbons (Fsp3) is 0.600. The van der Waals surface area contributed by atoms with Gasteiger partial charge in [0.1, 0.15) is 5.82 Å². The van der Waals surface area contributed by atoms with Crippen molar-refractivity contribution in [3.8, 4) is 0 Å². The van der Waals surface area contributed by atoms with Gasteiger partial charge < -0.3 is 14.3 Å². The van der Waals surface area contributed by atoms with Crippen LogP contribution in [0.1, 0.15) is 24.6 Å². The molecule has 0 spiro atoms.